The Hall–Kier alpha value is -2.62. The summed E-state index contributed by atoms with van der Waals surface area (Å²) in [5, 5.41) is 4.18. The maximum Gasteiger partial charge on any atom is 0.271 e. The first-order chi connectivity index (χ1) is 12.7. The van der Waals surface area contributed by atoms with Crippen molar-refractivity contribution in [1.29, 1.82) is 0 Å². The van der Waals surface area contributed by atoms with Crippen LogP contribution in [0.25, 0.3) is 0 Å². The molecule has 0 radical (unpaired) electrons. The van der Waals surface area contributed by atoms with Gasteiger partial charge in [0.15, 0.2) is 0 Å². The lowest BCUT2D eigenvalue weighted by atomic mass is 9.79. The second kappa shape index (κ2) is 7.18. The molecule has 0 spiro atoms. The van der Waals surface area contributed by atoms with Crippen molar-refractivity contribution in [2.75, 3.05) is 11.9 Å². The number of hydrogen-bond donors (Lipinski definition) is 1. The van der Waals surface area contributed by atoms with Crippen molar-refractivity contribution in [2.24, 2.45) is 5.10 Å². The molecule has 1 aliphatic heterocycles. The van der Waals surface area contributed by atoms with Crippen LogP contribution in [0.5, 0.6) is 0 Å². The quantitative estimate of drug-likeness (QED) is 0.629. The average molecular weight is 364 g/mol. The maximum absolute atomic E-state index is 12.2. The molecule has 0 aliphatic carbocycles. The number of hydrazone groups is 1. The van der Waals surface area contributed by atoms with Gasteiger partial charge in [-0.25, -0.2) is 5.43 Å². The van der Waals surface area contributed by atoms with Crippen LogP contribution in [0.15, 0.2) is 41.5 Å². The number of fused-ring (bicyclic) bond motifs is 1. The van der Waals surface area contributed by atoms with Gasteiger partial charge >= 0.3 is 0 Å². The van der Waals surface area contributed by atoms with Gasteiger partial charge in [0.25, 0.3) is 5.91 Å². The summed E-state index contributed by atoms with van der Waals surface area (Å²) in [6, 6.07) is 11.9. The number of amides is 1. The molecule has 0 bridgehead atoms. The van der Waals surface area contributed by atoms with Gasteiger partial charge in [0, 0.05) is 23.8 Å². The van der Waals surface area contributed by atoms with Crippen molar-refractivity contribution in [3.8, 4) is 0 Å². The van der Waals surface area contributed by atoms with Gasteiger partial charge in [-0.1, -0.05) is 24.6 Å². The first kappa shape index (κ1) is 19.2. The number of nitrogens with one attached hydrogen (secondary N) is 1. The second-order valence-corrected chi connectivity index (χ2v) is 8.31. The highest BCUT2D eigenvalue weighted by Gasteiger charge is 2.34. The maximum atomic E-state index is 12.2. The lowest BCUT2D eigenvalue weighted by molar-refractivity contribution is 0.0955. The Labute approximate surface area is 162 Å². The first-order valence-corrected chi connectivity index (χ1v) is 9.47. The number of hydrogen-bond acceptors (Lipinski definition) is 3. The summed E-state index contributed by atoms with van der Waals surface area (Å²) in [4.78, 5) is 14.6. The van der Waals surface area contributed by atoms with Crippen LogP contribution in [0.4, 0.5) is 5.69 Å². The van der Waals surface area contributed by atoms with E-state index in [2.05, 4.69) is 62.3 Å². The highest BCUT2D eigenvalue weighted by Crippen LogP contribution is 2.43. The van der Waals surface area contributed by atoms with Gasteiger partial charge in [-0.15, -0.1) is 0 Å². The van der Waals surface area contributed by atoms with E-state index in [0.717, 1.165) is 23.1 Å². The standard InChI is InChI=1S/C23H29N3O/c1-15-7-9-18(10-8-15)22(27)25-24-14-19-12-20-17(3)13-23(4,5)26(6)21(20)11-16(19)2/h7-12,14,17H,13H2,1-6H3,(H,25,27)/b24-14+. The third kappa shape index (κ3) is 3.90. The molecule has 4 nitrogen and oxygen atoms in total. The number of carbonyl (C=O) groups excluding carboxylic acids is 1. The molecule has 1 atom stereocenters. The van der Waals surface area contributed by atoms with E-state index in [-0.39, 0.29) is 11.4 Å². The molecular weight excluding hydrogens is 334 g/mol. The zero-order valence-corrected chi connectivity index (χ0v) is 17.1. The Balaban J connectivity index is 1.80. The number of benzene rings is 2. The van der Waals surface area contributed by atoms with E-state index in [4.69, 9.17) is 0 Å². The molecule has 3 rings (SSSR count). The second-order valence-electron chi connectivity index (χ2n) is 8.31. The van der Waals surface area contributed by atoms with Gasteiger partial charge in [-0.2, -0.15) is 5.10 Å². The molecule has 2 aromatic carbocycles. The molecule has 27 heavy (non-hydrogen) atoms. The summed E-state index contributed by atoms with van der Waals surface area (Å²) in [7, 11) is 2.17. The van der Waals surface area contributed by atoms with Crippen LogP contribution in [0.3, 0.4) is 0 Å². The minimum Gasteiger partial charge on any atom is -0.369 e. The van der Waals surface area contributed by atoms with Crippen molar-refractivity contribution in [3.63, 3.8) is 0 Å². The SMILES string of the molecule is Cc1ccc(C(=O)N/N=C/c2cc3c(cc2C)N(C)C(C)(C)CC3C)cc1. The van der Waals surface area contributed by atoms with Gasteiger partial charge in [0.05, 0.1) is 6.21 Å². The number of rotatable bonds is 3. The topological polar surface area (TPSA) is 44.7 Å². The van der Waals surface area contributed by atoms with Gasteiger partial charge in [-0.3, -0.25) is 4.79 Å². The zero-order valence-electron chi connectivity index (χ0n) is 17.1. The minimum absolute atomic E-state index is 0.149. The predicted octanol–water partition coefficient (Wildman–Crippen LogP) is 4.79. The lowest BCUT2D eigenvalue weighted by Gasteiger charge is -2.45. The fraction of sp³-hybridized carbons (Fsp3) is 0.391. The molecule has 0 aromatic heterocycles. The Morgan fingerprint density at radius 2 is 1.89 bits per heavy atom. The molecule has 1 heterocycles. The molecule has 0 saturated carbocycles. The largest absolute Gasteiger partial charge is 0.369 e. The molecule has 0 fully saturated rings. The van der Waals surface area contributed by atoms with Crippen LogP contribution in [-0.4, -0.2) is 24.7 Å². The van der Waals surface area contributed by atoms with E-state index in [1.165, 1.54) is 11.3 Å². The van der Waals surface area contributed by atoms with Crippen LogP contribution in [0.2, 0.25) is 0 Å². The zero-order chi connectivity index (χ0) is 19.8. The third-order valence-corrected chi connectivity index (χ3v) is 5.70. The smallest absolute Gasteiger partial charge is 0.271 e. The van der Waals surface area contributed by atoms with E-state index in [0.29, 0.717) is 11.5 Å². The summed E-state index contributed by atoms with van der Waals surface area (Å²) in [6.45, 7) is 10.9. The van der Waals surface area contributed by atoms with Crippen molar-refractivity contribution in [2.45, 2.75) is 52.5 Å². The lowest BCUT2D eigenvalue weighted by Crippen LogP contribution is -2.45. The molecule has 2 aromatic rings. The van der Waals surface area contributed by atoms with Gasteiger partial charge in [0.1, 0.15) is 0 Å². The van der Waals surface area contributed by atoms with E-state index in [9.17, 15) is 4.79 Å². The highest BCUT2D eigenvalue weighted by atomic mass is 16.2. The molecule has 142 valence electrons. The van der Waals surface area contributed by atoms with Gasteiger partial charge in [-0.05, 0) is 81.0 Å². The Bertz CT molecular complexity index is 881. The Kier molecular flexibility index (Phi) is 5.09. The Morgan fingerprint density at radius 1 is 1.22 bits per heavy atom. The summed E-state index contributed by atoms with van der Waals surface area (Å²) < 4.78 is 0. The van der Waals surface area contributed by atoms with E-state index < -0.39 is 0 Å². The summed E-state index contributed by atoms with van der Waals surface area (Å²) in [5.74, 6) is 0.290. The highest BCUT2D eigenvalue weighted by molar-refractivity contribution is 5.95. The summed E-state index contributed by atoms with van der Waals surface area (Å²) in [5.41, 5.74) is 9.33. The van der Waals surface area contributed by atoms with E-state index in [1.54, 1.807) is 6.21 Å². The normalized spacial score (nSPS) is 18.4. The van der Waals surface area contributed by atoms with Crippen LogP contribution >= 0.6 is 0 Å². The van der Waals surface area contributed by atoms with E-state index in [1.807, 2.05) is 31.2 Å². The summed E-state index contributed by atoms with van der Waals surface area (Å²) in [6.07, 6.45) is 2.86. The van der Waals surface area contributed by atoms with E-state index >= 15 is 0 Å². The van der Waals surface area contributed by atoms with Crippen molar-refractivity contribution in [1.82, 2.24) is 5.43 Å². The molecule has 1 unspecified atom stereocenters. The molecule has 0 saturated heterocycles. The monoisotopic (exact) mass is 363 g/mol. The molecule has 4 heteroatoms. The molecule has 1 aliphatic rings. The fourth-order valence-electron chi connectivity index (χ4n) is 3.80. The van der Waals surface area contributed by atoms with Gasteiger partial charge < -0.3 is 4.90 Å². The fourth-order valence-corrected chi connectivity index (χ4v) is 3.80. The van der Waals surface area contributed by atoms with Crippen LogP contribution in [0.1, 0.15) is 65.7 Å². The number of aryl methyl sites for hydroxylation is 2. The Morgan fingerprint density at radius 3 is 2.56 bits per heavy atom. The van der Waals surface area contributed by atoms with Gasteiger partial charge in [0.2, 0.25) is 0 Å². The summed E-state index contributed by atoms with van der Waals surface area (Å²) >= 11 is 0. The molecule has 1 N–H and O–H groups in total. The number of carbonyl (C=O) groups is 1. The van der Waals surface area contributed by atoms with Crippen LogP contribution < -0.4 is 10.3 Å². The van der Waals surface area contributed by atoms with Crippen molar-refractivity contribution >= 4 is 17.8 Å². The molecule has 1 amide bonds. The number of anilines is 1. The number of nitrogens with zero attached hydrogens (tertiary/aromatic N) is 2. The average Bonchev–Trinajstić information content (AvgIpc) is 2.61. The van der Waals surface area contributed by atoms with Crippen LogP contribution in [-0.2, 0) is 0 Å². The minimum atomic E-state index is -0.197. The third-order valence-electron chi connectivity index (χ3n) is 5.70. The first-order valence-electron chi connectivity index (χ1n) is 9.47. The van der Waals surface area contributed by atoms with Crippen LogP contribution in [0, 0.1) is 13.8 Å². The molecular formula is C23H29N3O. The predicted molar refractivity (Wildman–Crippen MR) is 113 cm³/mol. The van der Waals surface area contributed by atoms with Crippen molar-refractivity contribution in [3.05, 3.63) is 64.2 Å². The van der Waals surface area contributed by atoms with Crippen molar-refractivity contribution < 1.29 is 4.79 Å².